The summed E-state index contributed by atoms with van der Waals surface area (Å²) in [6.07, 6.45) is 9.94. The number of anilines is 1. The van der Waals surface area contributed by atoms with E-state index in [1.54, 1.807) is 6.20 Å². The van der Waals surface area contributed by atoms with E-state index in [0.29, 0.717) is 5.95 Å². The van der Waals surface area contributed by atoms with Crippen LogP contribution in [0.5, 0.6) is 0 Å². The fraction of sp³-hybridized carbons (Fsp3) is 0.400. The summed E-state index contributed by atoms with van der Waals surface area (Å²) in [5, 5.41) is 7.70. The van der Waals surface area contributed by atoms with Gasteiger partial charge in [-0.2, -0.15) is 5.10 Å². The van der Waals surface area contributed by atoms with Crippen LogP contribution in [-0.4, -0.2) is 49.3 Å². The SMILES string of the molecule is Cc1cnc(NCC(c2cccnc2)N2CCCC2)nc1-c1ccnn1C. The van der Waals surface area contributed by atoms with Gasteiger partial charge in [-0.05, 0) is 56.1 Å². The Morgan fingerprint density at radius 1 is 1.15 bits per heavy atom. The van der Waals surface area contributed by atoms with Crippen LogP contribution in [0.2, 0.25) is 0 Å². The van der Waals surface area contributed by atoms with Crippen molar-refractivity contribution in [2.24, 2.45) is 7.05 Å². The van der Waals surface area contributed by atoms with Crippen molar-refractivity contribution >= 4 is 5.95 Å². The third-order valence-electron chi connectivity index (χ3n) is 5.14. The van der Waals surface area contributed by atoms with Gasteiger partial charge in [-0.25, -0.2) is 9.97 Å². The Morgan fingerprint density at radius 2 is 2.00 bits per heavy atom. The Balaban J connectivity index is 1.55. The molecule has 7 heteroatoms. The smallest absolute Gasteiger partial charge is 0.223 e. The van der Waals surface area contributed by atoms with Gasteiger partial charge in [-0.3, -0.25) is 14.6 Å². The number of aromatic nitrogens is 5. The van der Waals surface area contributed by atoms with E-state index in [1.165, 1.54) is 18.4 Å². The van der Waals surface area contributed by atoms with Gasteiger partial charge < -0.3 is 5.32 Å². The minimum Gasteiger partial charge on any atom is -0.352 e. The zero-order chi connectivity index (χ0) is 18.6. The van der Waals surface area contributed by atoms with Crippen LogP contribution in [0, 0.1) is 6.92 Å². The van der Waals surface area contributed by atoms with Crippen LogP contribution in [0.1, 0.15) is 30.0 Å². The lowest BCUT2D eigenvalue weighted by atomic mass is 10.1. The quantitative estimate of drug-likeness (QED) is 0.726. The van der Waals surface area contributed by atoms with Crippen molar-refractivity contribution in [3.05, 3.63) is 54.1 Å². The standard InChI is InChI=1S/C20H25N7/c1-15-12-22-20(25-19(15)17-7-9-24-26(17)2)23-14-18(27-10-3-4-11-27)16-6-5-8-21-13-16/h5-9,12-13,18H,3-4,10-11,14H2,1-2H3,(H,22,23,25). The van der Waals surface area contributed by atoms with Crippen molar-refractivity contribution in [2.45, 2.75) is 25.8 Å². The zero-order valence-electron chi connectivity index (χ0n) is 15.8. The van der Waals surface area contributed by atoms with E-state index in [4.69, 9.17) is 4.98 Å². The molecule has 140 valence electrons. The molecule has 0 amide bonds. The van der Waals surface area contributed by atoms with Gasteiger partial charge in [0.25, 0.3) is 0 Å². The van der Waals surface area contributed by atoms with E-state index in [9.17, 15) is 0 Å². The van der Waals surface area contributed by atoms with Gasteiger partial charge in [0.05, 0.1) is 17.4 Å². The van der Waals surface area contributed by atoms with Gasteiger partial charge in [-0.15, -0.1) is 0 Å². The van der Waals surface area contributed by atoms with E-state index in [1.807, 2.05) is 49.4 Å². The summed E-state index contributed by atoms with van der Waals surface area (Å²) < 4.78 is 1.84. The van der Waals surface area contributed by atoms with Gasteiger partial charge in [0.15, 0.2) is 0 Å². The maximum Gasteiger partial charge on any atom is 0.223 e. The molecule has 0 radical (unpaired) electrons. The molecule has 3 aromatic rings. The van der Waals surface area contributed by atoms with Crippen molar-refractivity contribution in [1.82, 2.24) is 29.6 Å². The Morgan fingerprint density at radius 3 is 2.70 bits per heavy atom. The number of pyridine rings is 1. The Kier molecular flexibility index (Phi) is 5.11. The normalized spacial score (nSPS) is 15.8. The average Bonchev–Trinajstić information content (AvgIpc) is 3.36. The van der Waals surface area contributed by atoms with E-state index in [-0.39, 0.29) is 6.04 Å². The molecule has 1 unspecified atom stereocenters. The van der Waals surface area contributed by atoms with E-state index >= 15 is 0 Å². The number of hydrogen-bond acceptors (Lipinski definition) is 6. The fourth-order valence-corrected chi connectivity index (χ4v) is 3.66. The van der Waals surface area contributed by atoms with E-state index < -0.39 is 0 Å². The molecular weight excluding hydrogens is 338 g/mol. The summed E-state index contributed by atoms with van der Waals surface area (Å²) in [5.41, 5.74) is 4.16. The minimum absolute atomic E-state index is 0.270. The molecule has 1 atom stereocenters. The van der Waals surface area contributed by atoms with E-state index in [2.05, 4.69) is 31.3 Å². The molecule has 1 aliphatic heterocycles. The second-order valence-corrected chi connectivity index (χ2v) is 6.99. The van der Waals surface area contributed by atoms with Crippen molar-refractivity contribution in [3.8, 4) is 11.4 Å². The summed E-state index contributed by atoms with van der Waals surface area (Å²) >= 11 is 0. The molecule has 0 spiro atoms. The third kappa shape index (κ3) is 3.83. The second-order valence-electron chi connectivity index (χ2n) is 6.99. The third-order valence-corrected chi connectivity index (χ3v) is 5.14. The second kappa shape index (κ2) is 7.84. The first-order valence-electron chi connectivity index (χ1n) is 9.42. The number of aryl methyl sites for hydroxylation is 2. The van der Waals surface area contributed by atoms with Crippen LogP contribution in [0.4, 0.5) is 5.95 Å². The van der Waals surface area contributed by atoms with Gasteiger partial charge in [-0.1, -0.05) is 6.07 Å². The maximum atomic E-state index is 4.75. The highest BCUT2D eigenvalue weighted by atomic mass is 15.3. The molecule has 0 aliphatic carbocycles. The first-order chi connectivity index (χ1) is 13.2. The average molecular weight is 363 g/mol. The number of likely N-dealkylation sites (tertiary alicyclic amines) is 1. The Labute approximate surface area is 159 Å². The van der Waals surface area contributed by atoms with Gasteiger partial charge >= 0.3 is 0 Å². The predicted molar refractivity (Wildman–Crippen MR) is 105 cm³/mol. The highest BCUT2D eigenvalue weighted by Crippen LogP contribution is 2.25. The number of nitrogens with one attached hydrogen (secondary N) is 1. The van der Waals surface area contributed by atoms with Crippen LogP contribution in [0.15, 0.2) is 43.0 Å². The van der Waals surface area contributed by atoms with Crippen LogP contribution in [0.3, 0.4) is 0 Å². The maximum absolute atomic E-state index is 4.75. The van der Waals surface area contributed by atoms with Gasteiger partial charge in [0.2, 0.25) is 5.95 Å². The zero-order valence-corrected chi connectivity index (χ0v) is 15.8. The van der Waals surface area contributed by atoms with Crippen LogP contribution in [0.25, 0.3) is 11.4 Å². The van der Waals surface area contributed by atoms with Gasteiger partial charge in [0.1, 0.15) is 0 Å². The van der Waals surface area contributed by atoms with Crippen LogP contribution in [-0.2, 0) is 7.05 Å². The summed E-state index contributed by atoms with van der Waals surface area (Å²) in [7, 11) is 1.93. The molecule has 4 rings (SSSR count). The largest absolute Gasteiger partial charge is 0.352 e. The lowest BCUT2D eigenvalue weighted by Crippen LogP contribution is -2.31. The van der Waals surface area contributed by atoms with Gasteiger partial charge in [0, 0.05) is 38.4 Å². The molecule has 1 fully saturated rings. The highest BCUT2D eigenvalue weighted by Gasteiger charge is 2.24. The molecular formula is C20H25N7. The van der Waals surface area contributed by atoms with Crippen LogP contribution >= 0.6 is 0 Å². The first-order valence-corrected chi connectivity index (χ1v) is 9.42. The molecule has 7 nitrogen and oxygen atoms in total. The Bertz CT molecular complexity index is 884. The van der Waals surface area contributed by atoms with Crippen molar-refractivity contribution in [3.63, 3.8) is 0 Å². The monoisotopic (exact) mass is 363 g/mol. The highest BCUT2D eigenvalue weighted by molar-refractivity contribution is 5.59. The fourth-order valence-electron chi connectivity index (χ4n) is 3.66. The summed E-state index contributed by atoms with van der Waals surface area (Å²) in [6.45, 7) is 5.01. The van der Waals surface area contributed by atoms with Crippen LogP contribution < -0.4 is 5.32 Å². The summed E-state index contributed by atoms with van der Waals surface area (Å²) in [4.78, 5) is 16.1. The minimum atomic E-state index is 0.270. The lowest BCUT2D eigenvalue weighted by Gasteiger charge is -2.28. The first kappa shape index (κ1) is 17.6. The molecule has 0 saturated carbocycles. The summed E-state index contributed by atoms with van der Waals surface area (Å²) in [6, 6.07) is 6.39. The number of hydrogen-bond donors (Lipinski definition) is 1. The predicted octanol–water partition coefficient (Wildman–Crippen LogP) is 2.83. The van der Waals surface area contributed by atoms with Crippen molar-refractivity contribution in [1.29, 1.82) is 0 Å². The molecule has 1 N–H and O–H groups in total. The molecule has 1 saturated heterocycles. The molecule has 0 aromatic carbocycles. The summed E-state index contributed by atoms with van der Waals surface area (Å²) in [5.74, 6) is 0.643. The number of nitrogens with zero attached hydrogens (tertiary/aromatic N) is 6. The molecule has 3 aromatic heterocycles. The Hall–Kier alpha value is -2.80. The molecule has 4 heterocycles. The molecule has 27 heavy (non-hydrogen) atoms. The lowest BCUT2D eigenvalue weighted by molar-refractivity contribution is 0.255. The van der Waals surface area contributed by atoms with E-state index in [0.717, 1.165) is 36.6 Å². The van der Waals surface area contributed by atoms with Crippen molar-refractivity contribution < 1.29 is 0 Å². The number of rotatable bonds is 6. The topological polar surface area (TPSA) is 71.8 Å². The van der Waals surface area contributed by atoms with Crippen molar-refractivity contribution in [2.75, 3.05) is 25.0 Å². The molecule has 1 aliphatic rings. The molecule has 0 bridgehead atoms.